The number of likely N-dealkylation sites (tertiary alicyclic amines) is 1. The van der Waals surface area contributed by atoms with Gasteiger partial charge >= 0.3 is 5.97 Å². The Hall–Kier alpha value is -2.04. The molecule has 1 fully saturated rings. The number of rotatable bonds is 4. The molecule has 0 radical (unpaired) electrons. The fourth-order valence-electron chi connectivity index (χ4n) is 2.82. The van der Waals surface area contributed by atoms with Crippen molar-refractivity contribution < 1.29 is 19.4 Å². The quantitative estimate of drug-likeness (QED) is 0.928. The molecule has 0 bridgehead atoms. The Morgan fingerprint density at radius 3 is 2.77 bits per heavy atom. The molecule has 1 aliphatic rings. The fraction of sp³-hybridized carbons (Fsp3) is 0.529. The van der Waals surface area contributed by atoms with Gasteiger partial charge in [-0.05, 0) is 50.3 Å². The van der Waals surface area contributed by atoms with Crippen molar-refractivity contribution in [2.75, 3.05) is 6.54 Å². The lowest BCUT2D eigenvalue weighted by Crippen LogP contribution is -2.53. The summed E-state index contributed by atoms with van der Waals surface area (Å²) in [5, 5.41) is 9.35. The first-order valence-corrected chi connectivity index (χ1v) is 7.65. The molecule has 5 heteroatoms. The van der Waals surface area contributed by atoms with E-state index < -0.39 is 18.1 Å². The Balaban J connectivity index is 2.07. The van der Waals surface area contributed by atoms with Gasteiger partial charge in [0.05, 0.1) is 0 Å². The summed E-state index contributed by atoms with van der Waals surface area (Å²) in [6.07, 6.45) is 0.627. The van der Waals surface area contributed by atoms with Gasteiger partial charge in [0.25, 0.3) is 5.91 Å². The summed E-state index contributed by atoms with van der Waals surface area (Å²) in [6.45, 7) is 6.11. The van der Waals surface area contributed by atoms with E-state index in [1.807, 2.05) is 32.0 Å². The first kappa shape index (κ1) is 16.3. The van der Waals surface area contributed by atoms with E-state index in [4.69, 9.17) is 4.74 Å². The zero-order chi connectivity index (χ0) is 16.3. The van der Waals surface area contributed by atoms with Crippen LogP contribution in [0.2, 0.25) is 0 Å². The first-order valence-electron chi connectivity index (χ1n) is 7.65. The maximum Gasteiger partial charge on any atom is 0.326 e. The van der Waals surface area contributed by atoms with Crippen molar-refractivity contribution in [2.45, 2.75) is 45.8 Å². The summed E-state index contributed by atoms with van der Waals surface area (Å²) in [7, 11) is 0. The number of amides is 1. The summed E-state index contributed by atoms with van der Waals surface area (Å²) < 4.78 is 5.68. The van der Waals surface area contributed by atoms with Gasteiger partial charge in [-0.3, -0.25) is 4.79 Å². The topological polar surface area (TPSA) is 66.8 Å². The molecule has 1 saturated heterocycles. The number of hydrogen-bond acceptors (Lipinski definition) is 3. The highest BCUT2D eigenvalue weighted by Crippen LogP contribution is 2.24. The van der Waals surface area contributed by atoms with Crippen molar-refractivity contribution in [1.29, 1.82) is 0 Å². The molecular weight excluding hydrogens is 282 g/mol. The largest absolute Gasteiger partial charge is 0.481 e. The smallest absolute Gasteiger partial charge is 0.326 e. The van der Waals surface area contributed by atoms with E-state index in [2.05, 4.69) is 0 Å². The Bertz CT molecular complexity index is 557. The van der Waals surface area contributed by atoms with Crippen LogP contribution in [0.25, 0.3) is 0 Å². The van der Waals surface area contributed by atoms with E-state index in [-0.39, 0.29) is 5.91 Å². The molecule has 2 rings (SSSR count). The number of carboxylic acids is 1. The molecule has 3 unspecified atom stereocenters. The molecule has 1 aromatic rings. The Labute approximate surface area is 130 Å². The number of aliphatic carboxylic acids is 1. The zero-order valence-corrected chi connectivity index (χ0v) is 13.3. The molecule has 5 nitrogen and oxygen atoms in total. The molecule has 22 heavy (non-hydrogen) atoms. The van der Waals surface area contributed by atoms with Crippen LogP contribution >= 0.6 is 0 Å². The number of hydrogen-bond donors (Lipinski definition) is 1. The van der Waals surface area contributed by atoms with Crippen LogP contribution in [-0.2, 0) is 9.59 Å². The van der Waals surface area contributed by atoms with Crippen molar-refractivity contribution in [3.63, 3.8) is 0 Å². The minimum Gasteiger partial charge on any atom is -0.481 e. The Morgan fingerprint density at radius 2 is 2.14 bits per heavy atom. The van der Waals surface area contributed by atoms with Crippen LogP contribution in [0.3, 0.4) is 0 Å². The number of benzene rings is 1. The molecule has 0 spiro atoms. The van der Waals surface area contributed by atoms with E-state index in [9.17, 15) is 14.7 Å². The summed E-state index contributed by atoms with van der Waals surface area (Å²) in [5.74, 6) is -0.264. The van der Waals surface area contributed by atoms with Gasteiger partial charge in [-0.25, -0.2) is 4.79 Å². The summed E-state index contributed by atoms with van der Waals surface area (Å²) in [4.78, 5) is 25.4. The molecular formula is C17H23NO4. The van der Waals surface area contributed by atoms with Crippen molar-refractivity contribution in [1.82, 2.24) is 4.90 Å². The van der Waals surface area contributed by atoms with Crippen LogP contribution in [0.4, 0.5) is 0 Å². The van der Waals surface area contributed by atoms with Crippen molar-refractivity contribution in [2.24, 2.45) is 5.92 Å². The van der Waals surface area contributed by atoms with Gasteiger partial charge in [0, 0.05) is 6.54 Å². The van der Waals surface area contributed by atoms with Gasteiger partial charge in [-0.2, -0.15) is 0 Å². The third kappa shape index (κ3) is 3.78. The van der Waals surface area contributed by atoms with Gasteiger partial charge in [-0.1, -0.05) is 19.1 Å². The summed E-state index contributed by atoms with van der Waals surface area (Å²) in [6, 6.07) is 6.72. The minimum absolute atomic E-state index is 0.263. The van der Waals surface area contributed by atoms with Crippen LogP contribution in [-0.4, -0.2) is 40.6 Å². The number of ether oxygens (including phenoxy) is 1. The van der Waals surface area contributed by atoms with E-state index in [1.54, 1.807) is 13.0 Å². The standard InChI is InChI=1S/C17H23NO4/c1-11-5-4-6-14(9-11)22-13(3)16(19)18-8-7-12(2)10-15(18)17(20)21/h4-6,9,12-13,15H,7-8,10H2,1-3H3,(H,20,21). The van der Waals surface area contributed by atoms with Crippen LogP contribution < -0.4 is 4.74 Å². The lowest BCUT2D eigenvalue weighted by Gasteiger charge is -2.37. The van der Waals surface area contributed by atoms with Crippen molar-refractivity contribution in [3.05, 3.63) is 29.8 Å². The molecule has 3 atom stereocenters. The normalized spacial score (nSPS) is 23.0. The molecule has 0 saturated carbocycles. The number of nitrogens with zero attached hydrogens (tertiary/aromatic N) is 1. The predicted octanol–water partition coefficient (Wildman–Crippen LogP) is 2.47. The second-order valence-electron chi connectivity index (χ2n) is 6.09. The van der Waals surface area contributed by atoms with Gasteiger partial charge < -0.3 is 14.7 Å². The Morgan fingerprint density at radius 1 is 1.41 bits per heavy atom. The minimum atomic E-state index is -0.942. The first-order chi connectivity index (χ1) is 10.4. The summed E-state index contributed by atoms with van der Waals surface area (Å²) in [5.41, 5.74) is 1.05. The number of aryl methyl sites for hydroxylation is 1. The average molecular weight is 305 g/mol. The highest BCUT2D eigenvalue weighted by atomic mass is 16.5. The van der Waals surface area contributed by atoms with Crippen LogP contribution in [0.15, 0.2) is 24.3 Å². The highest BCUT2D eigenvalue weighted by molar-refractivity contribution is 5.86. The number of carbonyl (C=O) groups is 2. The van der Waals surface area contributed by atoms with Gasteiger partial charge in [0.15, 0.2) is 6.10 Å². The lowest BCUT2D eigenvalue weighted by molar-refractivity contribution is -0.156. The molecule has 1 aromatic carbocycles. The SMILES string of the molecule is Cc1cccc(OC(C)C(=O)N2CCC(C)CC2C(=O)O)c1. The molecule has 0 aromatic heterocycles. The van der Waals surface area contributed by atoms with E-state index in [1.165, 1.54) is 4.90 Å². The van der Waals surface area contributed by atoms with Crippen molar-refractivity contribution in [3.8, 4) is 5.75 Å². The van der Waals surface area contributed by atoms with E-state index in [0.29, 0.717) is 24.6 Å². The van der Waals surface area contributed by atoms with Gasteiger partial charge in [-0.15, -0.1) is 0 Å². The molecule has 120 valence electrons. The number of carbonyl (C=O) groups excluding carboxylic acids is 1. The maximum atomic E-state index is 12.5. The van der Waals surface area contributed by atoms with Crippen LogP contribution in [0.1, 0.15) is 32.3 Å². The van der Waals surface area contributed by atoms with Crippen LogP contribution in [0, 0.1) is 12.8 Å². The predicted molar refractivity (Wildman–Crippen MR) is 82.8 cm³/mol. The molecule has 1 N–H and O–H groups in total. The molecule has 0 aliphatic carbocycles. The second kappa shape index (κ2) is 6.81. The molecule has 1 amide bonds. The van der Waals surface area contributed by atoms with Gasteiger partial charge in [0.1, 0.15) is 11.8 Å². The lowest BCUT2D eigenvalue weighted by atomic mass is 9.92. The number of carboxylic acid groups (broad SMARTS) is 1. The van der Waals surface area contributed by atoms with Crippen LogP contribution in [0.5, 0.6) is 5.75 Å². The van der Waals surface area contributed by atoms with Crippen molar-refractivity contribution >= 4 is 11.9 Å². The second-order valence-corrected chi connectivity index (χ2v) is 6.09. The molecule has 1 aliphatic heterocycles. The molecule has 1 heterocycles. The number of piperidine rings is 1. The Kier molecular flexibility index (Phi) is 5.06. The third-order valence-corrected chi connectivity index (χ3v) is 4.08. The van der Waals surface area contributed by atoms with E-state index >= 15 is 0 Å². The van der Waals surface area contributed by atoms with Gasteiger partial charge in [0.2, 0.25) is 0 Å². The fourth-order valence-corrected chi connectivity index (χ4v) is 2.82. The monoisotopic (exact) mass is 305 g/mol. The average Bonchev–Trinajstić information content (AvgIpc) is 2.46. The maximum absolute atomic E-state index is 12.5. The summed E-state index contributed by atoms with van der Waals surface area (Å²) >= 11 is 0. The third-order valence-electron chi connectivity index (χ3n) is 4.08. The van der Waals surface area contributed by atoms with E-state index in [0.717, 1.165) is 12.0 Å². The highest BCUT2D eigenvalue weighted by Gasteiger charge is 2.37. The zero-order valence-electron chi connectivity index (χ0n) is 13.3.